The first-order chi connectivity index (χ1) is 6.27. The summed E-state index contributed by atoms with van der Waals surface area (Å²) >= 11 is 0. The average molecular weight is 177 g/mol. The van der Waals surface area contributed by atoms with Crippen molar-refractivity contribution in [3.63, 3.8) is 0 Å². The number of hydrogen-bond acceptors (Lipinski definition) is 2. The Morgan fingerprint density at radius 2 is 2.23 bits per heavy atom. The van der Waals surface area contributed by atoms with Crippen LogP contribution in [0.25, 0.3) is 0 Å². The van der Waals surface area contributed by atoms with E-state index in [0.29, 0.717) is 6.67 Å². The van der Waals surface area contributed by atoms with E-state index in [4.69, 9.17) is 0 Å². The van der Waals surface area contributed by atoms with Gasteiger partial charge in [0.2, 0.25) is 0 Å². The summed E-state index contributed by atoms with van der Waals surface area (Å²) in [7, 11) is 0. The molecule has 1 aliphatic rings. The molecule has 68 valence electrons. The topological polar surface area (TPSA) is 54.0 Å². The number of rotatable bonds is 1. The number of hydrazine groups is 1. The molecule has 1 aliphatic heterocycles. The van der Waals surface area contributed by atoms with E-state index in [9.17, 15) is 4.79 Å². The Bertz CT molecular complexity index is 333. The molecule has 1 aromatic carbocycles. The van der Waals surface area contributed by atoms with Gasteiger partial charge in [-0.25, -0.2) is 15.2 Å². The fourth-order valence-electron chi connectivity index (χ4n) is 1.07. The third kappa shape index (κ3) is 1.78. The van der Waals surface area contributed by atoms with E-state index in [-0.39, 0.29) is 6.03 Å². The smallest absolute Gasteiger partial charge is 0.306 e. The highest BCUT2D eigenvalue weighted by molar-refractivity contribution is 5.90. The van der Waals surface area contributed by atoms with Crippen LogP contribution in [0.4, 0.5) is 10.5 Å². The van der Waals surface area contributed by atoms with Gasteiger partial charge in [0, 0.05) is 5.69 Å². The number of urea groups is 1. The summed E-state index contributed by atoms with van der Waals surface area (Å²) in [5, 5.41) is 4.30. The molecule has 2 amide bonds. The Kier molecular flexibility index (Phi) is 1.90. The van der Waals surface area contributed by atoms with Crippen LogP contribution < -0.4 is 10.7 Å². The molecule has 2 N–H and O–H groups in total. The van der Waals surface area contributed by atoms with Gasteiger partial charge in [-0.05, 0) is 18.6 Å². The zero-order valence-corrected chi connectivity index (χ0v) is 7.37. The highest BCUT2D eigenvalue weighted by Crippen LogP contribution is 2.14. The van der Waals surface area contributed by atoms with Crippen LogP contribution in [0.3, 0.4) is 0 Å². The maximum atomic E-state index is 11.3. The van der Waals surface area contributed by atoms with Crippen molar-refractivity contribution in [1.82, 2.24) is 10.4 Å². The van der Waals surface area contributed by atoms with Gasteiger partial charge in [-0.3, -0.25) is 0 Å². The molecule has 4 heteroatoms. The van der Waals surface area contributed by atoms with Crippen LogP contribution in [0, 0.1) is 6.92 Å². The van der Waals surface area contributed by atoms with Gasteiger partial charge < -0.3 is 5.32 Å². The third-order valence-electron chi connectivity index (χ3n) is 1.95. The minimum atomic E-state index is -0.102. The van der Waals surface area contributed by atoms with Crippen LogP contribution in [-0.4, -0.2) is 17.7 Å². The summed E-state index contributed by atoms with van der Waals surface area (Å²) in [4.78, 5) is 11.3. The minimum absolute atomic E-state index is 0.102. The molecule has 0 atom stereocenters. The quantitative estimate of drug-likeness (QED) is 0.635. The average Bonchev–Trinajstić information content (AvgIpc) is 2.91. The maximum absolute atomic E-state index is 11.3. The Morgan fingerprint density at radius 1 is 1.54 bits per heavy atom. The molecular weight excluding hydrogens is 166 g/mol. The zero-order chi connectivity index (χ0) is 9.26. The standard InChI is InChI=1S/C9H11N3O/c1-7-4-2-3-5-8(7)11-9(13)12-6-10-12/h2-5,10H,6H2,1H3,(H,11,13). The molecule has 0 aromatic heterocycles. The molecule has 0 unspecified atom stereocenters. The number of anilines is 1. The number of carbonyl (C=O) groups is 1. The first kappa shape index (κ1) is 8.07. The highest BCUT2D eigenvalue weighted by atomic mass is 16.2. The second kappa shape index (κ2) is 3.06. The summed E-state index contributed by atoms with van der Waals surface area (Å²) in [6.45, 7) is 2.60. The summed E-state index contributed by atoms with van der Waals surface area (Å²) in [6.07, 6.45) is 0. The lowest BCUT2D eigenvalue weighted by atomic mass is 10.2. The van der Waals surface area contributed by atoms with Crippen LogP contribution in [-0.2, 0) is 0 Å². The molecule has 0 bridgehead atoms. The van der Waals surface area contributed by atoms with Gasteiger partial charge in [-0.2, -0.15) is 0 Å². The zero-order valence-electron chi connectivity index (χ0n) is 7.37. The molecular formula is C9H11N3O. The van der Waals surface area contributed by atoms with Crippen molar-refractivity contribution in [2.24, 2.45) is 0 Å². The van der Waals surface area contributed by atoms with Gasteiger partial charge in [0.25, 0.3) is 0 Å². The van der Waals surface area contributed by atoms with Gasteiger partial charge >= 0.3 is 6.03 Å². The number of nitrogens with one attached hydrogen (secondary N) is 2. The fourth-order valence-corrected chi connectivity index (χ4v) is 1.07. The first-order valence-electron chi connectivity index (χ1n) is 4.15. The van der Waals surface area contributed by atoms with E-state index in [1.807, 2.05) is 31.2 Å². The molecule has 4 nitrogen and oxygen atoms in total. The van der Waals surface area contributed by atoms with E-state index in [0.717, 1.165) is 11.3 Å². The number of amides is 2. The van der Waals surface area contributed by atoms with Crippen LogP contribution in [0.1, 0.15) is 5.56 Å². The van der Waals surface area contributed by atoms with Gasteiger partial charge in [0.05, 0.1) is 0 Å². The van der Waals surface area contributed by atoms with E-state index < -0.39 is 0 Å². The van der Waals surface area contributed by atoms with Crippen molar-refractivity contribution in [3.8, 4) is 0 Å². The van der Waals surface area contributed by atoms with E-state index >= 15 is 0 Å². The van der Waals surface area contributed by atoms with Crippen molar-refractivity contribution in [2.75, 3.05) is 12.0 Å². The predicted molar refractivity (Wildman–Crippen MR) is 50.0 cm³/mol. The van der Waals surface area contributed by atoms with Crippen LogP contribution in [0.15, 0.2) is 24.3 Å². The van der Waals surface area contributed by atoms with Gasteiger partial charge in [-0.15, -0.1) is 0 Å². The van der Waals surface area contributed by atoms with Crippen molar-refractivity contribution in [1.29, 1.82) is 0 Å². The Balaban J connectivity index is 2.08. The number of benzene rings is 1. The molecule has 0 aliphatic carbocycles. The summed E-state index contributed by atoms with van der Waals surface area (Å²) in [5.41, 5.74) is 4.72. The van der Waals surface area contributed by atoms with E-state index in [2.05, 4.69) is 10.7 Å². The van der Waals surface area contributed by atoms with E-state index in [1.54, 1.807) is 0 Å². The monoisotopic (exact) mass is 177 g/mol. The molecule has 2 rings (SSSR count). The normalized spacial score (nSPS) is 14.1. The summed E-state index contributed by atoms with van der Waals surface area (Å²) < 4.78 is 0. The first-order valence-corrected chi connectivity index (χ1v) is 4.15. The van der Waals surface area contributed by atoms with Crippen molar-refractivity contribution in [3.05, 3.63) is 29.8 Å². The number of para-hydroxylation sites is 1. The number of carbonyl (C=O) groups excluding carboxylic acids is 1. The molecule has 0 saturated carbocycles. The Labute approximate surface area is 76.5 Å². The number of nitrogens with zero attached hydrogens (tertiary/aromatic N) is 1. The molecule has 0 spiro atoms. The Morgan fingerprint density at radius 3 is 2.85 bits per heavy atom. The van der Waals surface area contributed by atoms with Gasteiger partial charge in [0.15, 0.2) is 0 Å². The second-order valence-electron chi connectivity index (χ2n) is 2.99. The minimum Gasteiger partial charge on any atom is -0.306 e. The maximum Gasteiger partial charge on any atom is 0.337 e. The number of aryl methyl sites for hydroxylation is 1. The summed E-state index contributed by atoms with van der Waals surface area (Å²) in [6, 6.07) is 7.59. The van der Waals surface area contributed by atoms with Crippen LogP contribution >= 0.6 is 0 Å². The predicted octanol–water partition coefficient (Wildman–Crippen LogP) is 1.30. The third-order valence-corrected chi connectivity index (χ3v) is 1.95. The van der Waals surface area contributed by atoms with Crippen LogP contribution in [0.2, 0.25) is 0 Å². The number of hydrogen-bond donors (Lipinski definition) is 2. The lowest BCUT2D eigenvalue weighted by Gasteiger charge is -2.06. The van der Waals surface area contributed by atoms with Crippen molar-refractivity contribution >= 4 is 11.7 Å². The summed E-state index contributed by atoms with van der Waals surface area (Å²) in [5.74, 6) is 0. The molecule has 1 fully saturated rings. The molecule has 1 heterocycles. The SMILES string of the molecule is Cc1ccccc1NC(=O)N1CN1. The molecule has 0 radical (unpaired) electrons. The van der Waals surface area contributed by atoms with Crippen molar-refractivity contribution in [2.45, 2.75) is 6.92 Å². The van der Waals surface area contributed by atoms with Crippen LogP contribution in [0.5, 0.6) is 0 Å². The van der Waals surface area contributed by atoms with E-state index in [1.165, 1.54) is 5.01 Å². The molecule has 1 saturated heterocycles. The van der Waals surface area contributed by atoms with Gasteiger partial charge in [0.1, 0.15) is 6.67 Å². The lowest BCUT2D eigenvalue weighted by Crippen LogP contribution is -2.20. The largest absolute Gasteiger partial charge is 0.337 e. The lowest BCUT2D eigenvalue weighted by molar-refractivity contribution is 0.239. The molecule has 13 heavy (non-hydrogen) atoms. The Hall–Kier alpha value is -1.55. The highest BCUT2D eigenvalue weighted by Gasteiger charge is 2.23. The second-order valence-corrected chi connectivity index (χ2v) is 2.99. The van der Waals surface area contributed by atoms with Crippen molar-refractivity contribution < 1.29 is 4.79 Å². The fraction of sp³-hybridized carbons (Fsp3) is 0.222. The molecule has 1 aromatic rings. The van der Waals surface area contributed by atoms with Gasteiger partial charge in [-0.1, -0.05) is 18.2 Å².